The van der Waals surface area contributed by atoms with Gasteiger partial charge in [-0.05, 0) is 59.5 Å². The minimum Gasteiger partial charge on any atom is -0.490 e. The molecule has 0 aliphatic heterocycles. The Morgan fingerprint density at radius 3 is 2.68 bits per heavy atom. The van der Waals surface area contributed by atoms with E-state index in [1.54, 1.807) is 4.68 Å². The highest BCUT2D eigenvalue weighted by Gasteiger charge is 2.09. The molecule has 28 heavy (non-hydrogen) atoms. The smallest absolute Gasteiger partial charge is 0.243 e. The molecule has 0 amide bonds. The molecule has 0 unspecified atom stereocenters. The van der Waals surface area contributed by atoms with Crippen molar-refractivity contribution in [3.63, 3.8) is 0 Å². The molecule has 3 aromatic rings. The third kappa shape index (κ3) is 5.00. The maximum atomic E-state index is 6.03. The van der Waals surface area contributed by atoms with E-state index in [0.717, 1.165) is 30.0 Å². The van der Waals surface area contributed by atoms with Gasteiger partial charge in [-0.25, -0.2) is 4.68 Å². The fourth-order valence-electron chi connectivity index (χ4n) is 2.85. The van der Waals surface area contributed by atoms with Crippen molar-refractivity contribution in [2.45, 2.75) is 46.9 Å². The molecular formula is C21H27N5O2. The zero-order valence-electron chi connectivity index (χ0n) is 16.7. The topological polar surface area (TPSA) is 74.1 Å². The van der Waals surface area contributed by atoms with E-state index in [-0.39, 0.29) is 0 Å². The summed E-state index contributed by atoms with van der Waals surface area (Å²) in [6.07, 6.45) is 0.973. The lowest BCUT2D eigenvalue weighted by Gasteiger charge is -2.15. The zero-order valence-corrected chi connectivity index (χ0v) is 16.7. The maximum Gasteiger partial charge on any atom is 0.243 e. The summed E-state index contributed by atoms with van der Waals surface area (Å²) in [6.45, 7) is 8.61. The zero-order chi connectivity index (χ0) is 19.8. The standard InChI is InChI=1S/C21H27N5O2/c1-4-12-26-21(23-24-25-26)22-14-17-10-11-19(20(13-17)27-5-2)28-15-18-9-7-6-8-16(18)3/h6-11,13H,4-5,12,14-15H2,1-3H3,(H,22,23,25). The van der Waals surface area contributed by atoms with Crippen molar-refractivity contribution in [2.75, 3.05) is 11.9 Å². The molecule has 0 spiro atoms. The molecule has 0 saturated carbocycles. The Morgan fingerprint density at radius 1 is 1.04 bits per heavy atom. The summed E-state index contributed by atoms with van der Waals surface area (Å²) in [5, 5.41) is 15.0. The molecular weight excluding hydrogens is 354 g/mol. The molecule has 0 atom stereocenters. The van der Waals surface area contributed by atoms with E-state index in [9.17, 15) is 0 Å². The van der Waals surface area contributed by atoms with Crippen LogP contribution >= 0.6 is 0 Å². The minimum atomic E-state index is 0.510. The lowest BCUT2D eigenvalue weighted by molar-refractivity contribution is 0.268. The summed E-state index contributed by atoms with van der Waals surface area (Å²) in [5.41, 5.74) is 3.45. The summed E-state index contributed by atoms with van der Waals surface area (Å²) in [6, 6.07) is 14.2. The summed E-state index contributed by atoms with van der Waals surface area (Å²) < 4.78 is 13.6. The van der Waals surface area contributed by atoms with E-state index in [1.807, 2.05) is 37.3 Å². The molecule has 1 heterocycles. The van der Waals surface area contributed by atoms with Gasteiger partial charge in [-0.3, -0.25) is 0 Å². The third-order valence-electron chi connectivity index (χ3n) is 4.37. The van der Waals surface area contributed by atoms with Crippen molar-refractivity contribution < 1.29 is 9.47 Å². The fraction of sp³-hybridized carbons (Fsp3) is 0.381. The van der Waals surface area contributed by atoms with Crippen molar-refractivity contribution >= 4 is 5.95 Å². The lowest BCUT2D eigenvalue weighted by atomic mass is 10.1. The first kappa shape index (κ1) is 19.7. The van der Waals surface area contributed by atoms with E-state index in [4.69, 9.17) is 9.47 Å². The Labute approximate surface area is 165 Å². The Morgan fingerprint density at radius 2 is 1.89 bits per heavy atom. The minimum absolute atomic E-state index is 0.510. The molecule has 148 valence electrons. The number of ether oxygens (including phenoxy) is 2. The SMILES string of the molecule is CCCn1nnnc1NCc1ccc(OCc2ccccc2C)c(OCC)c1. The number of nitrogens with one attached hydrogen (secondary N) is 1. The first-order chi connectivity index (χ1) is 13.7. The van der Waals surface area contributed by atoms with Crippen LogP contribution < -0.4 is 14.8 Å². The maximum absolute atomic E-state index is 6.03. The van der Waals surface area contributed by atoms with E-state index >= 15 is 0 Å². The van der Waals surface area contributed by atoms with Gasteiger partial charge in [-0.15, -0.1) is 0 Å². The molecule has 0 radical (unpaired) electrons. The van der Waals surface area contributed by atoms with Crippen molar-refractivity contribution in [1.82, 2.24) is 20.2 Å². The average molecular weight is 381 g/mol. The predicted molar refractivity (Wildman–Crippen MR) is 109 cm³/mol. The van der Waals surface area contributed by atoms with E-state index < -0.39 is 0 Å². The summed E-state index contributed by atoms with van der Waals surface area (Å²) in [5.74, 6) is 2.15. The average Bonchev–Trinajstić information content (AvgIpc) is 3.14. The van der Waals surface area contributed by atoms with Gasteiger partial charge in [0.25, 0.3) is 0 Å². The number of nitrogens with zero attached hydrogens (tertiary/aromatic N) is 4. The molecule has 0 saturated heterocycles. The van der Waals surface area contributed by atoms with Gasteiger partial charge in [-0.2, -0.15) is 0 Å². The van der Waals surface area contributed by atoms with Gasteiger partial charge < -0.3 is 14.8 Å². The quantitative estimate of drug-likeness (QED) is 0.573. The van der Waals surface area contributed by atoms with Crippen LogP contribution in [0.4, 0.5) is 5.95 Å². The molecule has 7 heteroatoms. The van der Waals surface area contributed by atoms with Gasteiger partial charge >= 0.3 is 0 Å². The second-order valence-corrected chi connectivity index (χ2v) is 6.51. The van der Waals surface area contributed by atoms with Crippen LogP contribution in [0.2, 0.25) is 0 Å². The second kappa shape index (κ2) is 9.73. The van der Waals surface area contributed by atoms with Gasteiger partial charge in [0.05, 0.1) is 6.61 Å². The van der Waals surface area contributed by atoms with Crippen LogP contribution in [0.15, 0.2) is 42.5 Å². The number of hydrogen-bond donors (Lipinski definition) is 1. The Balaban J connectivity index is 1.68. The highest BCUT2D eigenvalue weighted by atomic mass is 16.5. The molecule has 0 aliphatic carbocycles. The lowest BCUT2D eigenvalue weighted by Crippen LogP contribution is -2.09. The van der Waals surface area contributed by atoms with Crippen LogP contribution in [0.3, 0.4) is 0 Å². The first-order valence-corrected chi connectivity index (χ1v) is 9.64. The predicted octanol–water partition coefficient (Wildman–Crippen LogP) is 3.98. The number of aromatic nitrogens is 4. The van der Waals surface area contributed by atoms with Crippen molar-refractivity contribution in [3.8, 4) is 11.5 Å². The van der Waals surface area contributed by atoms with Crippen LogP contribution in [-0.4, -0.2) is 26.8 Å². The van der Waals surface area contributed by atoms with Crippen molar-refractivity contribution in [1.29, 1.82) is 0 Å². The fourth-order valence-corrected chi connectivity index (χ4v) is 2.85. The van der Waals surface area contributed by atoms with Gasteiger partial charge in [0.15, 0.2) is 11.5 Å². The molecule has 1 N–H and O–H groups in total. The number of hydrogen-bond acceptors (Lipinski definition) is 6. The summed E-state index contributed by atoms with van der Waals surface area (Å²) in [7, 11) is 0. The van der Waals surface area contributed by atoms with Crippen molar-refractivity contribution in [2.24, 2.45) is 0 Å². The van der Waals surface area contributed by atoms with Gasteiger partial charge in [0.2, 0.25) is 5.95 Å². The number of benzene rings is 2. The van der Waals surface area contributed by atoms with Crippen LogP contribution in [-0.2, 0) is 19.7 Å². The molecule has 2 aromatic carbocycles. The number of aryl methyl sites for hydroxylation is 2. The largest absolute Gasteiger partial charge is 0.490 e. The molecule has 1 aromatic heterocycles. The van der Waals surface area contributed by atoms with E-state index in [0.29, 0.717) is 25.7 Å². The molecule has 0 aliphatic rings. The van der Waals surface area contributed by atoms with Crippen LogP contribution in [0.25, 0.3) is 0 Å². The summed E-state index contributed by atoms with van der Waals surface area (Å²) >= 11 is 0. The number of rotatable bonds is 10. The molecule has 0 fully saturated rings. The van der Waals surface area contributed by atoms with Gasteiger partial charge in [-0.1, -0.05) is 42.4 Å². The molecule has 7 nitrogen and oxygen atoms in total. The second-order valence-electron chi connectivity index (χ2n) is 6.51. The van der Waals surface area contributed by atoms with Gasteiger partial charge in [0, 0.05) is 13.1 Å². The Kier molecular flexibility index (Phi) is 6.84. The highest BCUT2D eigenvalue weighted by Crippen LogP contribution is 2.30. The normalized spacial score (nSPS) is 10.7. The molecule has 0 bridgehead atoms. The molecule has 3 rings (SSSR count). The summed E-state index contributed by atoms with van der Waals surface area (Å²) in [4.78, 5) is 0. The Bertz CT molecular complexity index is 894. The Hall–Kier alpha value is -3.09. The monoisotopic (exact) mass is 381 g/mol. The first-order valence-electron chi connectivity index (χ1n) is 9.64. The number of anilines is 1. The van der Waals surface area contributed by atoms with Crippen LogP contribution in [0, 0.1) is 6.92 Å². The van der Waals surface area contributed by atoms with Crippen LogP contribution in [0.1, 0.15) is 37.0 Å². The van der Waals surface area contributed by atoms with Crippen molar-refractivity contribution in [3.05, 3.63) is 59.2 Å². The van der Waals surface area contributed by atoms with E-state index in [1.165, 1.54) is 11.1 Å². The van der Waals surface area contributed by atoms with E-state index in [2.05, 4.69) is 46.8 Å². The number of tetrazole rings is 1. The van der Waals surface area contributed by atoms with Crippen LogP contribution in [0.5, 0.6) is 11.5 Å². The third-order valence-corrected chi connectivity index (χ3v) is 4.37. The highest BCUT2D eigenvalue weighted by molar-refractivity contribution is 5.44. The van der Waals surface area contributed by atoms with Gasteiger partial charge in [0.1, 0.15) is 6.61 Å².